The van der Waals surface area contributed by atoms with Crippen molar-refractivity contribution in [3.05, 3.63) is 35.4 Å². The number of β-amino-alcohol motifs (C(OH)–C–C–N with tert-alkyl or cyclic N) is 1. The first-order valence-electron chi connectivity index (χ1n) is 5.84. The van der Waals surface area contributed by atoms with Gasteiger partial charge in [-0.1, -0.05) is 24.3 Å². The number of nitrogens with zero attached hydrogens (tertiary/aromatic N) is 1. The average Bonchev–Trinajstić information content (AvgIpc) is 2.66. The summed E-state index contributed by atoms with van der Waals surface area (Å²) in [7, 11) is 0. The van der Waals surface area contributed by atoms with E-state index in [9.17, 15) is 9.90 Å². The molecule has 0 bridgehead atoms. The van der Waals surface area contributed by atoms with Crippen LogP contribution < -0.4 is 0 Å². The van der Waals surface area contributed by atoms with E-state index in [1.165, 1.54) is 0 Å². The lowest BCUT2D eigenvalue weighted by atomic mass is 10.0. The minimum absolute atomic E-state index is 0.0621. The molecule has 0 amide bonds. The van der Waals surface area contributed by atoms with Gasteiger partial charge in [-0.2, -0.15) is 0 Å². The Morgan fingerprint density at radius 2 is 2.06 bits per heavy atom. The van der Waals surface area contributed by atoms with E-state index in [1.807, 2.05) is 24.3 Å². The minimum atomic E-state index is -0.807. The standard InChI is InChI=1S/C13H17NO3/c15-12-5-6-14(9-12)8-11-4-2-1-3-10(11)7-13(16)17/h1-4,12,15H,5-9H2,(H,16,17)/t12-/m1/s1. The summed E-state index contributed by atoms with van der Waals surface area (Å²) in [5, 5.41) is 18.3. The predicted molar refractivity (Wildman–Crippen MR) is 63.7 cm³/mol. The minimum Gasteiger partial charge on any atom is -0.481 e. The molecule has 1 aliphatic rings. The summed E-state index contributed by atoms with van der Waals surface area (Å²) in [5.41, 5.74) is 1.91. The average molecular weight is 235 g/mol. The zero-order valence-corrected chi connectivity index (χ0v) is 9.67. The lowest BCUT2D eigenvalue weighted by Crippen LogP contribution is -2.22. The molecule has 1 aromatic rings. The highest BCUT2D eigenvalue weighted by atomic mass is 16.4. The number of hydrogen-bond donors (Lipinski definition) is 2. The van der Waals surface area contributed by atoms with Crippen molar-refractivity contribution in [2.45, 2.75) is 25.5 Å². The largest absolute Gasteiger partial charge is 0.481 e. The van der Waals surface area contributed by atoms with E-state index >= 15 is 0 Å². The van der Waals surface area contributed by atoms with Crippen LogP contribution in [0.5, 0.6) is 0 Å². The summed E-state index contributed by atoms with van der Waals surface area (Å²) in [4.78, 5) is 12.9. The highest BCUT2D eigenvalue weighted by molar-refractivity contribution is 5.70. The van der Waals surface area contributed by atoms with Crippen molar-refractivity contribution in [3.8, 4) is 0 Å². The second kappa shape index (κ2) is 5.29. The van der Waals surface area contributed by atoms with Crippen LogP contribution in [0.15, 0.2) is 24.3 Å². The normalized spacial score (nSPS) is 20.6. The van der Waals surface area contributed by atoms with Crippen LogP contribution in [0.2, 0.25) is 0 Å². The van der Waals surface area contributed by atoms with Gasteiger partial charge in [0.25, 0.3) is 0 Å². The van der Waals surface area contributed by atoms with Gasteiger partial charge in [0.1, 0.15) is 0 Å². The van der Waals surface area contributed by atoms with E-state index in [4.69, 9.17) is 5.11 Å². The molecular formula is C13H17NO3. The molecule has 1 aromatic carbocycles. The molecule has 2 rings (SSSR count). The second-order valence-electron chi connectivity index (χ2n) is 4.52. The van der Waals surface area contributed by atoms with Gasteiger partial charge in [0.2, 0.25) is 0 Å². The van der Waals surface area contributed by atoms with E-state index in [0.717, 1.165) is 30.6 Å². The zero-order chi connectivity index (χ0) is 12.3. The zero-order valence-electron chi connectivity index (χ0n) is 9.67. The molecule has 92 valence electrons. The van der Waals surface area contributed by atoms with Crippen molar-refractivity contribution in [1.82, 2.24) is 4.90 Å². The van der Waals surface area contributed by atoms with Crippen molar-refractivity contribution in [2.75, 3.05) is 13.1 Å². The number of aliphatic hydroxyl groups is 1. The molecule has 1 saturated heterocycles. The molecule has 2 N–H and O–H groups in total. The molecule has 1 aliphatic heterocycles. The summed E-state index contributed by atoms with van der Waals surface area (Å²) in [6.07, 6.45) is 0.634. The molecule has 4 heteroatoms. The van der Waals surface area contributed by atoms with Gasteiger partial charge in [0.15, 0.2) is 0 Å². The van der Waals surface area contributed by atoms with Gasteiger partial charge in [0.05, 0.1) is 12.5 Å². The monoisotopic (exact) mass is 235 g/mol. The summed E-state index contributed by atoms with van der Waals surface area (Å²) >= 11 is 0. The predicted octanol–water partition coefficient (Wildman–Crippen LogP) is 0.880. The van der Waals surface area contributed by atoms with E-state index in [0.29, 0.717) is 6.54 Å². The summed E-state index contributed by atoms with van der Waals surface area (Å²) < 4.78 is 0. The maximum atomic E-state index is 10.8. The first kappa shape index (κ1) is 12.1. The summed E-state index contributed by atoms with van der Waals surface area (Å²) in [5.74, 6) is -0.807. The van der Waals surface area contributed by atoms with Gasteiger partial charge < -0.3 is 10.2 Å². The van der Waals surface area contributed by atoms with Gasteiger partial charge in [-0.15, -0.1) is 0 Å². The Morgan fingerprint density at radius 1 is 1.35 bits per heavy atom. The van der Waals surface area contributed by atoms with Gasteiger partial charge in [-0.05, 0) is 17.5 Å². The molecular weight excluding hydrogens is 218 g/mol. The van der Waals surface area contributed by atoms with E-state index in [-0.39, 0.29) is 12.5 Å². The van der Waals surface area contributed by atoms with Crippen LogP contribution in [0.3, 0.4) is 0 Å². The highest BCUT2D eigenvalue weighted by Crippen LogP contribution is 2.16. The van der Waals surface area contributed by atoms with Gasteiger partial charge >= 0.3 is 5.97 Å². The summed E-state index contributed by atoms with van der Waals surface area (Å²) in [6, 6.07) is 7.60. The van der Waals surface area contributed by atoms with Crippen LogP contribution in [0.1, 0.15) is 17.5 Å². The van der Waals surface area contributed by atoms with Crippen LogP contribution >= 0.6 is 0 Å². The fraction of sp³-hybridized carbons (Fsp3) is 0.462. The quantitative estimate of drug-likeness (QED) is 0.813. The number of benzene rings is 1. The number of likely N-dealkylation sites (tertiary alicyclic amines) is 1. The van der Waals surface area contributed by atoms with Crippen LogP contribution in [-0.4, -0.2) is 40.3 Å². The SMILES string of the molecule is O=C(O)Cc1ccccc1CN1CC[C@@H](O)C1. The Labute approximate surface area is 100 Å². The summed E-state index contributed by atoms with van der Waals surface area (Å²) in [6.45, 7) is 2.28. The van der Waals surface area contributed by atoms with E-state index in [2.05, 4.69) is 4.90 Å². The van der Waals surface area contributed by atoms with Crippen molar-refractivity contribution in [1.29, 1.82) is 0 Å². The van der Waals surface area contributed by atoms with Gasteiger partial charge in [-0.3, -0.25) is 9.69 Å². The Balaban J connectivity index is 2.06. The first-order valence-corrected chi connectivity index (χ1v) is 5.84. The van der Waals surface area contributed by atoms with Gasteiger partial charge in [0, 0.05) is 19.6 Å². The van der Waals surface area contributed by atoms with Crippen molar-refractivity contribution < 1.29 is 15.0 Å². The third kappa shape index (κ3) is 3.28. The Bertz CT molecular complexity index is 405. The Morgan fingerprint density at radius 3 is 2.65 bits per heavy atom. The Kier molecular flexibility index (Phi) is 3.76. The topological polar surface area (TPSA) is 60.8 Å². The van der Waals surface area contributed by atoms with Crippen molar-refractivity contribution in [3.63, 3.8) is 0 Å². The molecule has 1 heterocycles. The van der Waals surface area contributed by atoms with E-state index < -0.39 is 5.97 Å². The van der Waals surface area contributed by atoms with Crippen LogP contribution in [0, 0.1) is 0 Å². The lowest BCUT2D eigenvalue weighted by molar-refractivity contribution is -0.136. The number of carboxylic acid groups (broad SMARTS) is 1. The molecule has 1 atom stereocenters. The number of aliphatic hydroxyl groups excluding tert-OH is 1. The molecule has 0 spiro atoms. The van der Waals surface area contributed by atoms with Crippen molar-refractivity contribution in [2.24, 2.45) is 0 Å². The highest BCUT2D eigenvalue weighted by Gasteiger charge is 2.20. The number of carbonyl (C=O) groups is 1. The molecule has 4 nitrogen and oxygen atoms in total. The fourth-order valence-electron chi connectivity index (χ4n) is 2.24. The second-order valence-corrected chi connectivity index (χ2v) is 4.52. The lowest BCUT2D eigenvalue weighted by Gasteiger charge is -2.17. The fourth-order valence-corrected chi connectivity index (χ4v) is 2.24. The molecule has 0 aliphatic carbocycles. The maximum Gasteiger partial charge on any atom is 0.307 e. The third-order valence-corrected chi connectivity index (χ3v) is 3.10. The molecule has 0 radical (unpaired) electrons. The van der Waals surface area contributed by atoms with Gasteiger partial charge in [-0.25, -0.2) is 0 Å². The van der Waals surface area contributed by atoms with E-state index in [1.54, 1.807) is 0 Å². The Hall–Kier alpha value is -1.39. The van der Waals surface area contributed by atoms with Crippen molar-refractivity contribution >= 4 is 5.97 Å². The molecule has 1 fully saturated rings. The number of rotatable bonds is 4. The molecule has 0 unspecified atom stereocenters. The third-order valence-electron chi connectivity index (χ3n) is 3.10. The van der Waals surface area contributed by atoms with Crippen LogP contribution in [0.25, 0.3) is 0 Å². The maximum absolute atomic E-state index is 10.8. The number of hydrogen-bond acceptors (Lipinski definition) is 3. The number of aliphatic carboxylic acids is 1. The molecule has 0 aromatic heterocycles. The smallest absolute Gasteiger partial charge is 0.307 e. The molecule has 0 saturated carbocycles. The van der Waals surface area contributed by atoms with Crippen LogP contribution in [0.4, 0.5) is 0 Å². The number of carboxylic acids is 1. The van der Waals surface area contributed by atoms with Crippen LogP contribution in [-0.2, 0) is 17.8 Å². The molecule has 17 heavy (non-hydrogen) atoms. The first-order chi connectivity index (χ1) is 8.15.